The van der Waals surface area contributed by atoms with E-state index in [9.17, 15) is 14.4 Å². The van der Waals surface area contributed by atoms with Crippen molar-refractivity contribution in [3.8, 4) is 0 Å². The second kappa shape index (κ2) is 7.33. The van der Waals surface area contributed by atoms with Gasteiger partial charge in [0.15, 0.2) is 0 Å². The van der Waals surface area contributed by atoms with Crippen LogP contribution in [-0.2, 0) is 19.1 Å². The Labute approximate surface area is 152 Å². The molecule has 0 aromatic heterocycles. The van der Waals surface area contributed by atoms with E-state index in [1.165, 1.54) is 30.2 Å². The number of carbonyl (C=O) groups excluding carboxylic acids is 3. The second-order valence-corrected chi connectivity index (χ2v) is 7.19. The number of nitrogens with two attached hydrogens (primary N) is 2. The zero-order valence-electron chi connectivity index (χ0n) is 15.4. The van der Waals surface area contributed by atoms with Gasteiger partial charge in [-0.15, -0.1) is 0 Å². The number of carbonyl (C=O) groups is 3. The smallest absolute Gasteiger partial charge is 0.337 e. The maximum absolute atomic E-state index is 12.7. The Morgan fingerprint density at radius 2 is 1.96 bits per heavy atom. The molecular weight excluding hydrogens is 338 g/mol. The summed E-state index contributed by atoms with van der Waals surface area (Å²) in [6.45, 7) is 5.39. The van der Waals surface area contributed by atoms with Crippen LogP contribution in [0.5, 0.6) is 0 Å². The zero-order chi connectivity index (χ0) is 19.6. The van der Waals surface area contributed by atoms with Crippen LogP contribution in [0.15, 0.2) is 18.2 Å². The van der Waals surface area contributed by atoms with Gasteiger partial charge in [0, 0.05) is 6.54 Å². The molecule has 1 fully saturated rings. The Morgan fingerprint density at radius 3 is 2.46 bits per heavy atom. The van der Waals surface area contributed by atoms with Crippen molar-refractivity contribution in [1.82, 2.24) is 0 Å². The summed E-state index contributed by atoms with van der Waals surface area (Å²) >= 11 is 0. The fourth-order valence-electron chi connectivity index (χ4n) is 2.90. The fraction of sp³-hybridized carbons (Fsp3) is 0.500. The topological polar surface area (TPSA) is 125 Å². The second-order valence-electron chi connectivity index (χ2n) is 7.19. The Kier molecular flexibility index (Phi) is 5.56. The fourth-order valence-corrected chi connectivity index (χ4v) is 2.90. The van der Waals surface area contributed by atoms with Crippen molar-refractivity contribution in [2.75, 3.05) is 24.3 Å². The highest BCUT2D eigenvalue weighted by molar-refractivity contribution is 6.06. The van der Waals surface area contributed by atoms with Crippen LogP contribution in [0.2, 0.25) is 0 Å². The highest BCUT2D eigenvalue weighted by Crippen LogP contribution is 2.35. The maximum atomic E-state index is 12.7. The first-order valence-electron chi connectivity index (χ1n) is 8.33. The molecule has 26 heavy (non-hydrogen) atoms. The summed E-state index contributed by atoms with van der Waals surface area (Å²) in [6.07, 6.45) is 0.252. The predicted octanol–water partition coefficient (Wildman–Crippen LogP) is 1.08. The van der Waals surface area contributed by atoms with Gasteiger partial charge in [0.25, 0.3) is 0 Å². The molecular formula is C18H25N3O5. The van der Waals surface area contributed by atoms with Crippen LogP contribution in [0, 0.1) is 5.92 Å². The number of anilines is 2. The van der Waals surface area contributed by atoms with E-state index in [0.717, 1.165) is 0 Å². The lowest BCUT2D eigenvalue weighted by molar-refractivity contribution is -0.156. The molecule has 1 aromatic carbocycles. The molecule has 1 aliphatic rings. The third-order valence-electron chi connectivity index (χ3n) is 4.08. The van der Waals surface area contributed by atoms with Gasteiger partial charge in [-0.25, -0.2) is 9.59 Å². The average Bonchev–Trinajstić information content (AvgIpc) is 2.89. The van der Waals surface area contributed by atoms with Crippen LogP contribution < -0.4 is 16.4 Å². The largest absolute Gasteiger partial charge is 0.465 e. The molecule has 2 atom stereocenters. The van der Waals surface area contributed by atoms with Gasteiger partial charge in [-0.2, -0.15) is 0 Å². The van der Waals surface area contributed by atoms with Crippen molar-refractivity contribution in [1.29, 1.82) is 0 Å². The molecule has 1 heterocycles. The maximum Gasteiger partial charge on any atom is 0.337 e. The van der Waals surface area contributed by atoms with Crippen molar-refractivity contribution in [3.63, 3.8) is 0 Å². The van der Waals surface area contributed by atoms with E-state index in [4.69, 9.17) is 16.2 Å². The summed E-state index contributed by atoms with van der Waals surface area (Å²) in [5.74, 6) is -1.84. The van der Waals surface area contributed by atoms with Gasteiger partial charge in [0.2, 0.25) is 5.91 Å². The molecule has 2 unspecified atom stereocenters. The highest BCUT2D eigenvalue weighted by Gasteiger charge is 2.45. The van der Waals surface area contributed by atoms with Crippen LogP contribution >= 0.6 is 0 Å². The van der Waals surface area contributed by atoms with Crippen LogP contribution in [-0.4, -0.2) is 43.1 Å². The normalized spacial score (nSPS) is 20.2. The molecule has 0 saturated carbocycles. The van der Waals surface area contributed by atoms with E-state index in [0.29, 0.717) is 5.69 Å². The van der Waals surface area contributed by atoms with Gasteiger partial charge in [-0.05, 0) is 45.4 Å². The molecule has 1 aliphatic heterocycles. The summed E-state index contributed by atoms with van der Waals surface area (Å²) in [6, 6.07) is 3.61. The molecule has 0 spiro atoms. The van der Waals surface area contributed by atoms with Gasteiger partial charge < -0.3 is 20.9 Å². The summed E-state index contributed by atoms with van der Waals surface area (Å²) in [5, 5.41) is 0. The number of ether oxygens (including phenoxy) is 2. The van der Waals surface area contributed by atoms with Crippen LogP contribution in [0.1, 0.15) is 37.6 Å². The minimum atomic E-state index is -0.818. The minimum Gasteiger partial charge on any atom is -0.465 e. The van der Waals surface area contributed by atoms with E-state index in [-0.39, 0.29) is 30.1 Å². The molecule has 142 valence electrons. The van der Waals surface area contributed by atoms with E-state index < -0.39 is 29.5 Å². The molecule has 0 radical (unpaired) electrons. The first-order valence-corrected chi connectivity index (χ1v) is 8.33. The van der Waals surface area contributed by atoms with E-state index in [1.807, 2.05) is 0 Å². The molecule has 1 amide bonds. The van der Waals surface area contributed by atoms with Crippen molar-refractivity contribution in [2.45, 2.75) is 38.8 Å². The van der Waals surface area contributed by atoms with E-state index in [1.54, 1.807) is 20.8 Å². The van der Waals surface area contributed by atoms with Crippen molar-refractivity contribution < 1.29 is 23.9 Å². The SMILES string of the molecule is COC(=O)c1ccc(N2C(=O)C(CN)CC2C(=O)OC(C)(C)C)c(N)c1. The Hall–Kier alpha value is -2.61. The van der Waals surface area contributed by atoms with Gasteiger partial charge in [-0.1, -0.05) is 0 Å². The van der Waals surface area contributed by atoms with Crippen molar-refractivity contribution in [2.24, 2.45) is 11.7 Å². The summed E-state index contributed by atoms with van der Waals surface area (Å²) in [5.41, 5.74) is 11.8. The molecule has 1 aromatic rings. The Bertz CT molecular complexity index is 726. The first-order chi connectivity index (χ1) is 12.1. The third kappa shape index (κ3) is 3.96. The lowest BCUT2D eigenvalue weighted by Gasteiger charge is -2.28. The van der Waals surface area contributed by atoms with Gasteiger partial charge in [0.1, 0.15) is 11.6 Å². The molecule has 2 rings (SSSR count). The standard InChI is InChI=1S/C18H25N3O5/c1-18(2,3)26-17(24)14-8-11(9-19)15(22)21(14)13-6-5-10(7-12(13)20)16(23)25-4/h5-7,11,14H,8-9,19-20H2,1-4H3. The number of esters is 2. The molecule has 4 N–H and O–H groups in total. The highest BCUT2D eigenvalue weighted by atomic mass is 16.6. The monoisotopic (exact) mass is 363 g/mol. The number of rotatable bonds is 4. The molecule has 1 saturated heterocycles. The van der Waals surface area contributed by atoms with Gasteiger partial charge in [0.05, 0.1) is 30.0 Å². The summed E-state index contributed by atoms with van der Waals surface area (Å²) < 4.78 is 10.1. The number of hydrogen-bond acceptors (Lipinski definition) is 7. The van der Waals surface area contributed by atoms with E-state index >= 15 is 0 Å². The van der Waals surface area contributed by atoms with E-state index in [2.05, 4.69) is 4.74 Å². The van der Waals surface area contributed by atoms with Gasteiger partial charge >= 0.3 is 11.9 Å². The molecule has 8 heteroatoms. The summed E-state index contributed by atoms with van der Waals surface area (Å²) in [7, 11) is 1.26. The molecule has 0 aliphatic carbocycles. The Morgan fingerprint density at radius 1 is 1.31 bits per heavy atom. The van der Waals surface area contributed by atoms with Gasteiger partial charge in [-0.3, -0.25) is 9.69 Å². The number of amides is 1. The molecule has 0 bridgehead atoms. The number of benzene rings is 1. The number of nitrogen functional groups attached to an aromatic ring is 1. The third-order valence-corrected chi connectivity index (χ3v) is 4.08. The number of nitrogens with zero attached hydrogens (tertiary/aromatic N) is 1. The first kappa shape index (κ1) is 19.7. The van der Waals surface area contributed by atoms with Crippen LogP contribution in [0.4, 0.5) is 11.4 Å². The van der Waals surface area contributed by atoms with Crippen molar-refractivity contribution >= 4 is 29.2 Å². The Balaban J connectivity index is 2.41. The lowest BCUT2D eigenvalue weighted by Crippen LogP contribution is -2.43. The average molecular weight is 363 g/mol. The summed E-state index contributed by atoms with van der Waals surface area (Å²) in [4.78, 5) is 38.3. The number of methoxy groups -OCH3 is 1. The van der Waals surface area contributed by atoms with Crippen molar-refractivity contribution in [3.05, 3.63) is 23.8 Å². The lowest BCUT2D eigenvalue weighted by atomic mass is 10.1. The van der Waals surface area contributed by atoms with Crippen LogP contribution in [0.3, 0.4) is 0 Å². The molecule has 8 nitrogen and oxygen atoms in total. The minimum absolute atomic E-state index is 0.120. The zero-order valence-corrected chi connectivity index (χ0v) is 15.4. The quantitative estimate of drug-likeness (QED) is 0.605. The van der Waals surface area contributed by atoms with Crippen LogP contribution in [0.25, 0.3) is 0 Å². The predicted molar refractivity (Wildman–Crippen MR) is 96.5 cm³/mol. The number of hydrogen-bond donors (Lipinski definition) is 2.